The molecule has 3 heterocycles. The van der Waals surface area contributed by atoms with Crippen molar-refractivity contribution in [3.8, 4) is 51.0 Å². The third-order valence-corrected chi connectivity index (χ3v) is 9.98. The Bertz CT molecular complexity index is 3390. The molecule has 234 valence electrons. The minimum absolute atomic E-state index is 0.0460. The molecule has 0 saturated carbocycles. The molecule has 0 bridgehead atoms. The Morgan fingerprint density at radius 3 is 1.84 bits per heavy atom. The van der Waals surface area contributed by atoms with Gasteiger partial charge in [-0.05, 0) is 35.9 Å². The highest BCUT2D eigenvalue weighted by Crippen LogP contribution is 2.43. The first kappa shape index (κ1) is 20.2. The maximum Gasteiger partial charge on any atom is 0.166 e. The van der Waals surface area contributed by atoms with Gasteiger partial charge in [0, 0.05) is 53.2 Å². The van der Waals surface area contributed by atoms with Crippen LogP contribution in [-0.4, -0.2) is 19.5 Å². The van der Waals surface area contributed by atoms with E-state index >= 15 is 0 Å². The molecule has 0 saturated heterocycles. The Kier molecular flexibility index (Phi) is 4.69. The first-order valence-electron chi connectivity index (χ1n) is 20.9. The summed E-state index contributed by atoms with van der Waals surface area (Å²) >= 11 is 1.21. The van der Waals surface area contributed by atoms with E-state index in [0.29, 0.717) is 37.0 Å². The lowest BCUT2D eigenvalue weighted by Crippen LogP contribution is -2.04. The second kappa shape index (κ2) is 11.6. The van der Waals surface area contributed by atoms with E-state index in [1.54, 1.807) is 24.3 Å². The molecule has 0 unspecified atom stereocenters. The lowest BCUT2D eigenvalue weighted by Gasteiger charge is -2.15. The van der Waals surface area contributed by atoms with Crippen molar-refractivity contribution in [3.63, 3.8) is 0 Å². The maximum absolute atomic E-state index is 8.92. The van der Waals surface area contributed by atoms with Gasteiger partial charge >= 0.3 is 0 Å². The van der Waals surface area contributed by atoms with E-state index in [-0.39, 0.29) is 58.6 Å². The molecule has 0 N–H and O–H groups in total. The van der Waals surface area contributed by atoms with Crippen LogP contribution in [-0.2, 0) is 0 Å². The van der Waals surface area contributed by atoms with Crippen LogP contribution in [0.4, 0.5) is 0 Å². The van der Waals surface area contributed by atoms with Crippen molar-refractivity contribution in [2.45, 2.75) is 0 Å². The van der Waals surface area contributed by atoms with Crippen LogP contribution in [0.25, 0.3) is 93.0 Å². The van der Waals surface area contributed by atoms with Gasteiger partial charge < -0.3 is 4.57 Å². The van der Waals surface area contributed by atoms with Crippen LogP contribution in [0.2, 0.25) is 0 Å². The summed E-state index contributed by atoms with van der Waals surface area (Å²) in [6, 6.07) is 30.7. The molecule has 0 radical (unpaired) electrons. The topological polar surface area (TPSA) is 43.6 Å². The quantitative estimate of drug-likeness (QED) is 0.184. The standard InChI is InChI=1S/C45H28N4S/c1-2-15-29(16-3-1)43-46-44(36-21-5-4-17-30(36)34-23-14-24-35-33-20-9-13-28-41(33)50-42(34)35)48-45(47-43)37-22-8-12-27-40(37)49-38-25-10-6-18-31(38)32-19-7-11-26-39(32)49/h1-28H/i1D,2D,3D,9D,14D,15D,16D,20D,24D,28D. The van der Waals surface area contributed by atoms with E-state index < -0.39 is 30.2 Å². The summed E-state index contributed by atoms with van der Waals surface area (Å²) in [6.07, 6.45) is 0. The van der Waals surface area contributed by atoms with Crippen LogP contribution in [0.1, 0.15) is 13.7 Å². The van der Waals surface area contributed by atoms with E-state index in [2.05, 4.69) is 16.7 Å². The Morgan fingerprint density at radius 1 is 0.440 bits per heavy atom. The van der Waals surface area contributed by atoms with Crippen molar-refractivity contribution in [1.82, 2.24) is 19.5 Å². The van der Waals surface area contributed by atoms with Gasteiger partial charge in [-0.15, -0.1) is 11.3 Å². The van der Waals surface area contributed by atoms with Crippen LogP contribution in [0.15, 0.2) is 170 Å². The number of fused-ring (bicyclic) bond motifs is 6. The number of rotatable bonds is 5. The minimum Gasteiger partial charge on any atom is -0.309 e. The molecule has 5 heteroatoms. The summed E-state index contributed by atoms with van der Waals surface area (Å²) in [7, 11) is 0. The molecule has 10 rings (SSSR count). The molecule has 50 heavy (non-hydrogen) atoms. The zero-order valence-corrected chi connectivity index (χ0v) is 26.9. The van der Waals surface area contributed by atoms with E-state index in [1.807, 2.05) is 66.7 Å². The van der Waals surface area contributed by atoms with Gasteiger partial charge in [0.1, 0.15) is 0 Å². The van der Waals surface area contributed by atoms with Crippen molar-refractivity contribution in [2.24, 2.45) is 0 Å². The number of thiophene rings is 1. The SMILES string of the molecule is [2H]c1cc([2H])c2sc3c(-c4ccccc4-c4nc(-c5ccccc5-n5c6ccccc6c6ccccc65)nc(-c5c([2H])c([2H])c([2H])c([2H])c5[2H])n4)cc([2H])c([2H])c3c2c1[2H]. The molecular formula is C45H28N4S. The smallest absolute Gasteiger partial charge is 0.166 e. The summed E-state index contributed by atoms with van der Waals surface area (Å²) in [6.45, 7) is 0. The second-order valence-corrected chi connectivity index (χ2v) is 12.7. The fraction of sp³-hybridized carbons (Fsp3) is 0. The predicted octanol–water partition coefficient (Wildman–Crippen LogP) is 12.0. The Labute approximate surface area is 306 Å². The summed E-state index contributed by atoms with van der Waals surface area (Å²) in [5.74, 6) is 0.139. The van der Waals surface area contributed by atoms with Crippen molar-refractivity contribution in [1.29, 1.82) is 0 Å². The van der Waals surface area contributed by atoms with Gasteiger partial charge in [-0.1, -0.05) is 139 Å². The number of hydrogen-bond acceptors (Lipinski definition) is 4. The van der Waals surface area contributed by atoms with E-state index in [1.165, 1.54) is 17.4 Å². The van der Waals surface area contributed by atoms with E-state index in [4.69, 9.17) is 28.7 Å². The largest absolute Gasteiger partial charge is 0.309 e. The van der Waals surface area contributed by atoms with Crippen molar-refractivity contribution >= 4 is 53.3 Å². The van der Waals surface area contributed by atoms with Gasteiger partial charge in [0.05, 0.1) is 30.4 Å². The number of hydrogen-bond donors (Lipinski definition) is 0. The lowest BCUT2D eigenvalue weighted by atomic mass is 9.97. The van der Waals surface area contributed by atoms with Crippen LogP contribution in [0.3, 0.4) is 0 Å². The highest BCUT2D eigenvalue weighted by atomic mass is 32.1. The highest BCUT2D eigenvalue weighted by Gasteiger charge is 2.21. The molecule has 0 aliphatic rings. The normalized spacial score (nSPS) is 14.4. The molecule has 7 aromatic carbocycles. The molecule has 3 aromatic heterocycles. The van der Waals surface area contributed by atoms with Gasteiger partial charge in [-0.2, -0.15) is 0 Å². The van der Waals surface area contributed by atoms with Crippen molar-refractivity contribution in [2.75, 3.05) is 0 Å². The monoisotopic (exact) mass is 666 g/mol. The molecule has 0 amide bonds. The summed E-state index contributed by atoms with van der Waals surface area (Å²) in [4.78, 5) is 14.8. The Balaban J connectivity index is 1.29. The van der Waals surface area contributed by atoms with Gasteiger partial charge in [0.15, 0.2) is 17.5 Å². The molecule has 0 spiro atoms. The number of benzene rings is 7. The zero-order valence-electron chi connectivity index (χ0n) is 36.1. The molecule has 4 nitrogen and oxygen atoms in total. The third kappa shape index (κ3) is 4.55. The average molecular weight is 667 g/mol. The fourth-order valence-corrected chi connectivity index (χ4v) is 7.77. The van der Waals surface area contributed by atoms with E-state index in [9.17, 15) is 0 Å². The van der Waals surface area contributed by atoms with Crippen LogP contribution in [0.5, 0.6) is 0 Å². The highest BCUT2D eigenvalue weighted by molar-refractivity contribution is 7.26. The summed E-state index contributed by atoms with van der Waals surface area (Å²) in [5.41, 5.74) is 4.52. The van der Waals surface area contributed by atoms with E-state index in [0.717, 1.165) is 27.5 Å². The van der Waals surface area contributed by atoms with Gasteiger partial charge in [-0.25, -0.2) is 15.0 Å². The summed E-state index contributed by atoms with van der Waals surface area (Å²) in [5, 5.41) is 2.66. The molecule has 10 aromatic rings. The summed E-state index contributed by atoms with van der Waals surface area (Å²) < 4.78 is 89.8. The maximum atomic E-state index is 8.92. The number of para-hydroxylation sites is 3. The molecular weight excluding hydrogens is 629 g/mol. The zero-order chi connectivity index (χ0) is 41.7. The molecule has 0 fully saturated rings. The Hall–Kier alpha value is -6.43. The van der Waals surface area contributed by atoms with Crippen LogP contribution in [0, 0.1) is 0 Å². The third-order valence-electron chi connectivity index (χ3n) is 8.82. The minimum atomic E-state index is -0.550. The van der Waals surface area contributed by atoms with Crippen LogP contribution >= 0.6 is 11.3 Å². The van der Waals surface area contributed by atoms with Crippen LogP contribution < -0.4 is 0 Å². The molecule has 0 atom stereocenters. The van der Waals surface area contributed by atoms with Crippen molar-refractivity contribution < 1.29 is 13.7 Å². The lowest BCUT2D eigenvalue weighted by molar-refractivity contribution is 1.06. The van der Waals surface area contributed by atoms with Crippen molar-refractivity contribution in [3.05, 3.63) is 170 Å². The Morgan fingerprint density at radius 2 is 1.06 bits per heavy atom. The number of aromatic nitrogens is 4. The van der Waals surface area contributed by atoms with Gasteiger partial charge in [-0.3, -0.25) is 0 Å². The predicted molar refractivity (Wildman–Crippen MR) is 209 cm³/mol. The fourth-order valence-electron chi connectivity index (χ4n) is 6.66. The first-order valence-corrected chi connectivity index (χ1v) is 16.7. The second-order valence-electron chi connectivity index (χ2n) is 11.6. The molecule has 0 aliphatic heterocycles. The molecule has 0 aliphatic carbocycles. The van der Waals surface area contributed by atoms with Gasteiger partial charge in [0.25, 0.3) is 0 Å². The van der Waals surface area contributed by atoms with Gasteiger partial charge in [0.2, 0.25) is 0 Å². The first-order chi connectivity index (χ1) is 28.9. The average Bonchev–Trinajstić information content (AvgIpc) is 3.83. The number of nitrogens with zero attached hydrogens (tertiary/aromatic N) is 4.